The third-order valence-electron chi connectivity index (χ3n) is 3.69. The van der Waals surface area contributed by atoms with Crippen molar-refractivity contribution in [2.75, 3.05) is 13.2 Å². The Balaban J connectivity index is 1.84. The number of nitrogens with two attached hydrogens (primary N) is 1. The second-order valence-corrected chi connectivity index (χ2v) is 5.55. The number of carbonyl (C=O) groups is 1. The fourth-order valence-electron chi connectivity index (χ4n) is 2.25. The fraction of sp³-hybridized carbons (Fsp3) is 0.533. The highest BCUT2D eigenvalue weighted by molar-refractivity contribution is 5.78. The molecule has 1 aliphatic carbocycles. The van der Waals surface area contributed by atoms with Crippen molar-refractivity contribution in [3.63, 3.8) is 0 Å². The van der Waals surface area contributed by atoms with Crippen molar-refractivity contribution < 1.29 is 9.53 Å². The molecule has 1 saturated carbocycles. The average molecular weight is 262 g/mol. The van der Waals surface area contributed by atoms with E-state index in [1.165, 1.54) is 0 Å². The number of benzene rings is 1. The van der Waals surface area contributed by atoms with Gasteiger partial charge in [0, 0.05) is 6.54 Å². The molecule has 1 atom stereocenters. The molecule has 1 aliphatic rings. The van der Waals surface area contributed by atoms with E-state index in [4.69, 9.17) is 10.5 Å². The van der Waals surface area contributed by atoms with Gasteiger partial charge in [-0.3, -0.25) is 4.79 Å². The average Bonchev–Trinajstić information content (AvgIpc) is 3.21. The Bertz CT molecular complexity index is 457. The van der Waals surface area contributed by atoms with Gasteiger partial charge in [0.1, 0.15) is 5.75 Å². The van der Waals surface area contributed by atoms with Gasteiger partial charge in [-0.15, -0.1) is 0 Å². The molecule has 0 aromatic heterocycles. The Morgan fingerprint density at radius 3 is 2.84 bits per heavy atom. The molecule has 1 aromatic rings. The maximum atomic E-state index is 11.9. The monoisotopic (exact) mass is 262 g/mol. The number of nitrogens with one attached hydrogen (secondary N) is 1. The minimum Gasteiger partial charge on any atom is -0.484 e. The van der Waals surface area contributed by atoms with Crippen molar-refractivity contribution in [2.45, 2.75) is 32.2 Å². The van der Waals surface area contributed by atoms with Crippen LogP contribution in [0.15, 0.2) is 24.3 Å². The zero-order chi connectivity index (χ0) is 13.9. The van der Waals surface area contributed by atoms with E-state index in [9.17, 15) is 4.79 Å². The first-order valence-corrected chi connectivity index (χ1v) is 6.74. The molecule has 0 radical (unpaired) electrons. The maximum absolute atomic E-state index is 11.9. The summed E-state index contributed by atoms with van der Waals surface area (Å²) in [5.41, 5.74) is 6.60. The van der Waals surface area contributed by atoms with E-state index < -0.39 is 0 Å². The minimum atomic E-state index is -0.285. The SMILES string of the molecule is Cc1cccc(OCC(=O)NC(C)(CN)C2CC2)c1. The third kappa shape index (κ3) is 3.70. The predicted molar refractivity (Wildman–Crippen MR) is 75.0 cm³/mol. The number of amides is 1. The Kier molecular flexibility index (Phi) is 4.10. The largest absolute Gasteiger partial charge is 0.484 e. The summed E-state index contributed by atoms with van der Waals surface area (Å²) in [6.07, 6.45) is 2.29. The van der Waals surface area contributed by atoms with Crippen LogP contribution < -0.4 is 15.8 Å². The molecule has 1 unspecified atom stereocenters. The number of hydrogen-bond acceptors (Lipinski definition) is 3. The van der Waals surface area contributed by atoms with Gasteiger partial charge in [0.25, 0.3) is 5.91 Å². The highest BCUT2D eigenvalue weighted by Gasteiger charge is 2.41. The Morgan fingerprint density at radius 2 is 2.26 bits per heavy atom. The van der Waals surface area contributed by atoms with E-state index in [-0.39, 0.29) is 18.1 Å². The summed E-state index contributed by atoms with van der Waals surface area (Å²) in [6.45, 7) is 4.50. The van der Waals surface area contributed by atoms with Gasteiger partial charge in [-0.1, -0.05) is 12.1 Å². The fourth-order valence-corrected chi connectivity index (χ4v) is 2.25. The molecule has 0 aliphatic heterocycles. The normalized spacial score (nSPS) is 17.6. The standard InChI is InChI=1S/C15H22N2O2/c1-11-4-3-5-13(8-11)19-9-14(18)17-15(2,10-16)12-6-7-12/h3-5,8,12H,6-7,9-10,16H2,1-2H3,(H,17,18). The number of carbonyl (C=O) groups excluding carboxylic acids is 1. The molecule has 19 heavy (non-hydrogen) atoms. The number of aryl methyl sites for hydroxylation is 1. The second-order valence-electron chi connectivity index (χ2n) is 5.55. The van der Waals surface area contributed by atoms with Crippen LogP contribution in [0.3, 0.4) is 0 Å². The molecule has 4 heteroatoms. The summed E-state index contributed by atoms with van der Waals surface area (Å²) in [5.74, 6) is 1.12. The molecule has 3 N–H and O–H groups in total. The van der Waals surface area contributed by atoms with E-state index >= 15 is 0 Å². The molecule has 0 saturated heterocycles. The molecule has 1 aromatic carbocycles. The molecule has 2 rings (SSSR count). The molecule has 1 amide bonds. The van der Waals surface area contributed by atoms with Crippen LogP contribution in [0.4, 0.5) is 0 Å². The van der Waals surface area contributed by atoms with E-state index in [2.05, 4.69) is 5.32 Å². The van der Waals surface area contributed by atoms with Gasteiger partial charge in [-0.2, -0.15) is 0 Å². The van der Waals surface area contributed by atoms with Crippen LogP contribution in [0.25, 0.3) is 0 Å². The Labute approximate surface area is 114 Å². The van der Waals surface area contributed by atoms with Gasteiger partial charge in [0.15, 0.2) is 6.61 Å². The lowest BCUT2D eigenvalue weighted by atomic mass is 9.96. The summed E-state index contributed by atoms with van der Waals surface area (Å²) in [7, 11) is 0. The second kappa shape index (κ2) is 5.61. The number of ether oxygens (including phenoxy) is 1. The molecular formula is C15H22N2O2. The van der Waals surface area contributed by atoms with Crippen LogP contribution in [-0.4, -0.2) is 24.6 Å². The minimum absolute atomic E-state index is 0.0335. The van der Waals surface area contributed by atoms with Crippen molar-refractivity contribution in [2.24, 2.45) is 11.7 Å². The molecule has 0 bridgehead atoms. The van der Waals surface area contributed by atoms with E-state index in [1.807, 2.05) is 38.1 Å². The molecule has 0 heterocycles. The van der Waals surface area contributed by atoms with Gasteiger partial charge < -0.3 is 15.8 Å². The van der Waals surface area contributed by atoms with Crippen molar-refractivity contribution in [3.8, 4) is 5.75 Å². The van der Waals surface area contributed by atoms with Crippen LogP contribution >= 0.6 is 0 Å². The number of rotatable bonds is 6. The zero-order valence-corrected chi connectivity index (χ0v) is 11.6. The lowest BCUT2D eigenvalue weighted by Crippen LogP contribution is -2.54. The molecule has 0 spiro atoms. The van der Waals surface area contributed by atoms with Gasteiger partial charge in [0.2, 0.25) is 0 Å². The summed E-state index contributed by atoms with van der Waals surface area (Å²) in [4.78, 5) is 11.9. The van der Waals surface area contributed by atoms with Gasteiger partial charge in [0.05, 0.1) is 5.54 Å². The molecule has 4 nitrogen and oxygen atoms in total. The Hall–Kier alpha value is -1.55. The van der Waals surface area contributed by atoms with Crippen molar-refractivity contribution in [3.05, 3.63) is 29.8 Å². The molecular weight excluding hydrogens is 240 g/mol. The predicted octanol–water partition coefficient (Wildman–Crippen LogP) is 1.62. The highest BCUT2D eigenvalue weighted by Crippen LogP contribution is 2.38. The first-order valence-electron chi connectivity index (χ1n) is 6.74. The van der Waals surface area contributed by atoms with E-state index in [0.717, 1.165) is 24.2 Å². The highest BCUT2D eigenvalue weighted by atomic mass is 16.5. The summed E-state index contributed by atoms with van der Waals surface area (Å²) < 4.78 is 5.49. The van der Waals surface area contributed by atoms with Gasteiger partial charge in [-0.05, 0) is 50.3 Å². The quantitative estimate of drug-likeness (QED) is 0.818. The zero-order valence-electron chi connectivity index (χ0n) is 11.6. The van der Waals surface area contributed by atoms with E-state index in [1.54, 1.807) is 0 Å². The Morgan fingerprint density at radius 1 is 1.53 bits per heavy atom. The summed E-state index contributed by atoms with van der Waals surface area (Å²) >= 11 is 0. The van der Waals surface area contributed by atoms with Gasteiger partial charge in [-0.25, -0.2) is 0 Å². The lowest BCUT2D eigenvalue weighted by molar-refractivity contribution is -0.125. The smallest absolute Gasteiger partial charge is 0.258 e. The van der Waals surface area contributed by atoms with Gasteiger partial charge >= 0.3 is 0 Å². The first kappa shape index (κ1) is 13.9. The molecule has 104 valence electrons. The van der Waals surface area contributed by atoms with Crippen LogP contribution in [0, 0.1) is 12.8 Å². The van der Waals surface area contributed by atoms with Crippen molar-refractivity contribution >= 4 is 5.91 Å². The summed E-state index contributed by atoms with van der Waals surface area (Å²) in [6, 6.07) is 7.67. The lowest BCUT2D eigenvalue weighted by Gasteiger charge is -2.29. The first-order chi connectivity index (χ1) is 9.03. The number of hydrogen-bond donors (Lipinski definition) is 2. The van der Waals surface area contributed by atoms with Crippen LogP contribution in [0.2, 0.25) is 0 Å². The maximum Gasteiger partial charge on any atom is 0.258 e. The van der Waals surface area contributed by atoms with Crippen LogP contribution in [-0.2, 0) is 4.79 Å². The van der Waals surface area contributed by atoms with E-state index in [0.29, 0.717) is 12.5 Å². The summed E-state index contributed by atoms with van der Waals surface area (Å²) in [5, 5.41) is 3.00. The van der Waals surface area contributed by atoms with Crippen molar-refractivity contribution in [1.82, 2.24) is 5.32 Å². The topological polar surface area (TPSA) is 64.3 Å². The van der Waals surface area contributed by atoms with Crippen molar-refractivity contribution in [1.29, 1.82) is 0 Å². The molecule has 1 fully saturated rings. The van der Waals surface area contributed by atoms with Crippen LogP contribution in [0.1, 0.15) is 25.3 Å². The van der Waals surface area contributed by atoms with Crippen LogP contribution in [0.5, 0.6) is 5.75 Å². The third-order valence-corrected chi connectivity index (χ3v) is 3.69.